The number of fused-ring (bicyclic) bond motifs is 1. The van der Waals surface area contributed by atoms with Crippen molar-refractivity contribution in [2.75, 3.05) is 5.32 Å². The lowest BCUT2D eigenvalue weighted by Gasteiger charge is -2.13. The Balaban J connectivity index is 1.57. The Hall–Kier alpha value is -2.31. The van der Waals surface area contributed by atoms with E-state index in [1.165, 1.54) is 36.0 Å². The Morgan fingerprint density at radius 3 is 2.55 bits per heavy atom. The Bertz CT molecular complexity index is 1350. The zero-order valence-electron chi connectivity index (χ0n) is 16.5. The van der Waals surface area contributed by atoms with Gasteiger partial charge in [-0.15, -0.1) is 22.7 Å². The smallest absolute Gasteiger partial charge is 0.238 e. The molecule has 1 atom stereocenters. The molecule has 0 saturated heterocycles. The highest BCUT2D eigenvalue weighted by Gasteiger charge is 2.21. The molecule has 0 aliphatic heterocycles. The molecule has 1 amide bonds. The molecule has 0 saturated carbocycles. The summed E-state index contributed by atoms with van der Waals surface area (Å²) in [5.41, 5.74) is 1.56. The van der Waals surface area contributed by atoms with Crippen LogP contribution in [0.4, 0.5) is 5.69 Å². The van der Waals surface area contributed by atoms with Gasteiger partial charge in [0, 0.05) is 21.5 Å². The van der Waals surface area contributed by atoms with E-state index in [4.69, 9.17) is 5.14 Å². The van der Waals surface area contributed by atoms with Gasteiger partial charge in [0.05, 0.1) is 15.5 Å². The minimum Gasteiger partial charge on any atom is -0.325 e. The monoisotopic (exact) mass is 490 g/mol. The number of nitrogens with two attached hydrogens (primary N) is 1. The number of rotatable bonds is 6. The normalized spacial score (nSPS) is 12.7. The Kier molecular flexibility index (Phi) is 6.13. The summed E-state index contributed by atoms with van der Waals surface area (Å²) in [5.74, 6) is 0.437. The van der Waals surface area contributed by atoms with E-state index in [0.29, 0.717) is 11.5 Å². The first kappa shape index (κ1) is 21.9. The topological polar surface area (TPSA) is 115 Å². The van der Waals surface area contributed by atoms with Gasteiger partial charge in [0.15, 0.2) is 0 Å². The maximum atomic E-state index is 12.8. The molecule has 11 heteroatoms. The highest BCUT2D eigenvalue weighted by molar-refractivity contribution is 8.00. The number of benzene rings is 1. The highest BCUT2D eigenvalue weighted by atomic mass is 32.2. The molecule has 4 rings (SSSR count). The molecule has 0 spiro atoms. The first-order chi connectivity index (χ1) is 14.7. The molecule has 7 nitrogen and oxygen atoms in total. The van der Waals surface area contributed by atoms with Gasteiger partial charge in [0.1, 0.15) is 15.7 Å². The fourth-order valence-corrected chi connectivity index (χ4v) is 6.30. The highest BCUT2D eigenvalue weighted by Crippen LogP contribution is 2.41. The minimum absolute atomic E-state index is 0.00894. The van der Waals surface area contributed by atoms with Crippen LogP contribution in [0.2, 0.25) is 0 Å². The van der Waals surface area contributed by atoms with Gasteiger partial charge < -0.3 is 5.32 Å². The number of carbonyl (C=O) groups excluding carboxylic acids is 1. The quantitative estimate of drug-likeness (QED) is 0.304. The number of sulfonamides is 1. The number of carbonyl (C=O) groups is 1. The van der Waals surface area contributed by atoms with Gasteiger partial charge in [-0.1, -0.05) is 17.8 Å². The summed E-state index contributed by atoms with van der Waals surface area (Å²) >= 11 is 4.58. The summed E-state index contributed by atoms with van der Waals surface area (Å²) in [6.07, 6.45) is 0. The average Bonchev–Trinajstić information content (AvgIpc) is 3.37. The molecule has 3 heterocycles. The summed E-state index contributed by atoms with van der Waals surface area (Å²) in [6.45, 7) is 3.64. The number of hydrogen-bond acceptors (Lipinski definition) is 8. The predicted octanol–water partition coefficient (Wildman–Crippen LogP) is 4.49. The number of primary sulfonamides is 1. The van der Waals surface area contributed by atoms with Crippen molar-refractivity contribution in [3.05, 3.63) is 53.0 Å². The van der Waals surface area contributed by atoms with Crippen molar-refractivity contribution < 1.29 is 13.2 Å². The van der Waals surface area contributed by atoms with Crippen LogP contribution >= 0.6 is 34.4 Å². The number of nitrogens with one attached hydrogen (secondary N) is 1. The van der Waals surface area contributed by atoms with E-state index < -0.39 is 15.3 Å². The second-order valence-electron chi connectivity index (χ2n) is 6.70. The van der Waals surface area contributed by atoms with Crippen molar-refractivity contribution in [2.24, 2.45) is 5.14 Å². The first-order valence-corrected chi connectivity index (χ1v) is 13.3. The van der Waals surface area contributed by atoms with E-state index in [-0.39, 0.29) is 10.8 Å². The molecule has 0 aliphatic rings. The van der Waals surface area contributed by atoms with Crippen LogP contribution < -0.4 is 10.5 Å². The third-order valence-corrected chi connectivity index (χ3v) is 8.20. The largest absolute Gasteiger partial charge is 0.325 e. The van der Waals surface area contributed by atoms with E-state index in [0.717, 1.165) is 25.7 Å². The second kappa shape index (κ2) is 8.67. The number of nitrogens with zero attached hydrogens (tertiary/aromatic N) is 2. The number of thioether (sulfide) groups is 1. The molecule has 4 aromatic rings. The van der Waals surface area contributed by atoms with Gasteiger partial charge in [-0.05, 0) is 49.6 Å². The Labute approximate surface area is 191 Å². The summed E-state index contributed by atoms with van der Waals surface area (Å²) in [7, 11) is -3.78. The first-order valence-electron chi connectivity index (χ1n) is 9.12. The minimum atomic E-state index is -3.78. The summed E-state index contributed by atoms with van der Waals surface area (Å²) in [6, 6.07) is 9.80. The third-order valence-electron chi connectivity index (χ3n) is 4.41. The molecule has 3 N–H and O–H groups in total. The SMILES string of the molecule is Cc1nc(S[C@H](C)C(=O)Nc2ccc(S(N)(=O)=O)cc2)c2c(-c3cccs3)csc2n1. The van der Waals surface area contributed by atoms with Crippen LogP contribution in [0.3, 0.4) is 0 Å². The van der Waals surface area contributed by atoms with Crippen LogP contribution in [0.1, 0.15) is 12.7 Å². The van der Waals surface area contributed by atoms with Gasteiger partial charge in [-0.3, -0.25) is 4.79 Å². The van der Waals surface area contributed by atoms with E-state index in [1.807, 2.05) is 18.4 Å². The van der Waals surface area contributed by atoms with E-state index in [9.17, 15) is 13.2 Å². The molecule has 0 aliphatic carbocycles. The summed E-state index contributed by atoms with van der Waals surface area (Å²) in [5, 5.41) is 13.3. The lowest BCUT2D eigenvalue weighted by molar-refractivity contribution is -0.115. The summed E-state index contributed by atoms with van der Waals surface area (Å²) < 4.78 is 22.8. The lowest BCUT2D eigenvalue weighted by Crippen LogP contribution is -2.22. The molecule has 31 heavy (non-hydrogen) atoms. The molecule has 0 unspecified atom stereocenters. The number of amides is 1. The summed E-state index contributed by atoms with van der Waals surface area (Å²) in [4.78, 5) is 23.9. The molecule has 0 bridgehead atoms. The van der Waals surface area contributed by atoms with Crippen LogP contribution in [0.15, 0.2) is 57.1 Å². The van der Waals surface area contributed by atoms with Crippen molar-refractivity contribution in [1.82, 2.24) is 9.97 Å². The number of hydrogen-bond donors (Lipinski definition) is 2. The Morgan fingerprint density at radius 1 is 1.16 bits per heavy atom. The van der Waals surface area contributed by atoms with Crippen molar-refractivity contribution in [1.29, 1.82) is 0 Å². The third kappa shape index (κ3) is 4.80. The average molecular weight is 491 g/mol. The maximum absolute atomic E-state index is 12.8. The second-order valence-corrected chi connectivity index (χ2v) is 11.4. The van der Waals surface area contributed by atoms with Crippen molar-refractivity contribution in [3.63, 3.8) is 0 Å². The Morgan fingerprint density at radius 2 is 1.90 bits per heavy atom. The lowest BCUT2D eigenvalue weighted by atomic mass is 10.2. The molecular weight excluding hydrogens is 473 g/mol. The van der Waals surface area contributed by atoms with Crippen LogP contribution in [0, 0.1) is 6.92 Å². The number of thiophene rings is 2. The number of aromatic nitrogens is 2. The van der Waals surface area contributed by atoms with E-state index in [2.05, 4.69) is 26.7 Å². The molecular formula is C20H18N4O3S4. The zero-order valence-corrected chi connectivity index (χ0v) is 19.8. The van der Waals surface area contributed by atoms with Crippen LogP contribution in [-0.4, -0.2) is 29.5 Å². The van der Waals surface area contributed by atoms with Gasteiger partial charge >= 0.3 is 0 Å². The fourth-order valence-electron chi connectivity index (χ4n) is 2.90. The van der Waals surface area contributed by atoms with Crippen LogP contribution in [0.5, 0.6) is 0 Å². The fraction of sp³-hybridized carbons (Fsp3) is 0.150. The maximum Gasteiger partial charge on any atom is 0.238 e. The van der Waals surface area contributed by atoms with Gasteiger partial charge in [0.2, 0.25) is 15.9 Å². The predicted molar refractivity (Wildman–Crippen MR) is 127 cm³/mol. The standard InChI is InChI=1S/C20H18N4O3S4/c1-11(18(25)24-13-5-7-14(8-6-13)31(21,26)27)30-20-17-15(16-4-3-9-28-16)10-29-19(17)22-12(2)23-20/h3-11H,1-2H3,(H,24,25)(H2,21,26,27)/t11-/m1/s1. The molecule has 1 aromatic carbocycles. The van der Waals surface area contributed by atoms with Gasteiger partial charge in [-0.25, -0.2) is 23.5 Å². The van der Waals surface area contributed by atoms with Crippen molar-refractivity contribution >= 4 is 66.3 Å². The number of aryl methyl sites for hydroxylation is 1. The molecule has 0 fully saturated rings. The van der Waals surface area contributed by atoms with Crippen LogP contribution in [0.25, 0.3) is 20.7 Å². The van der Waals surface area contributed by atoms with Crippen molar-refractivity contribution in [3.8, 4) is 10.4 Å². The molecule has 3 aromatic heterocycles. The molecule has 160 valence electrons. The zero-order chi connectivity index (χ0) is 22.2. The van der Waals surface area contributed by atoms with Crippen molar-refractivity contribution in [2.45, 2.75) is 29.0 Å². The van der Waals surface area contributed by atoms with Gasteiger partial charge in [0.25, 0.3) is 0 Å². The van der Waals surface area contributed by atoms with E-state index >= 15 is 0 Å². The van der Waals surface area contributed by atoms with Gasteiger partial charge in [-0.2, -0.15) is 0 Å². The number of anilines is 1. The van der Waals surface area contributed by atoms with E-state index in [1.54, 1.807) is 29.6 Å². The van der Waals surface area contributed by atoms with Crippen LogP contribution in [-0.2, 0) is 14.8 Å². The molecule has 0 radical (unpaired) electrons.